The molecule has 2 rings (SSSR count). The number of hydrogen-bond donors (Lipinski definition) is 1. The summed E-state index contributed by atoms with van der Waals surface area (Å²) in [5.41, 5.74) is 3.75. The van der Waals surface area contributed by atoms with Gasteiger partial charge in [-0.25, -0.2) is 0 Å². The van der Waals surface area contributed by atoms with Crippen LogP contribution >= 0.6 is 0 Å². The Labute approximate surface area is 122 Å². The highest BCUT2D eigenvalue weighted by Gasteiger charge is 2.13. The minimum atomic E-state index is 0.479. The van der Waals surface area contributed by atoms with Gasteiger partial charge < -0.3 is 5.32 Å². The lowest BCUT2D eigenvalue weighted by Crippen LogP contribution is -2.22. The van der Waals surface area contributed by atoms with E-state index < -0.39 is 0 Å². The monoisotopic (exact) mass is 271 g/mol. The Bertz CT molecular complexity index is 526. The Balaban J connectivity index is 2.35. The van der Waals surface area contributed by atoms with Crippen LogP contribution in [0.3, 0.4) is 0 Å². The lowest BCUT2D eigenvalue weighted by molar-refractivity contribution is 0.486. The van der Waals surface area contributed by atoms with Crippen LogP contribution in [0, 0.1) is 5.92 Å². The summed E-state index contributed by atoms with van der Waals surface area (Å²) in [6.45, 7) is 10.6. The maximum atomic E-state index is 4.59. The molecule has 0 unspecified atom stereocenters. The molecule has 3 nitrogen and oxygen atoms in total. The molecule has 0 fully saturated rings. The summed E-state index contributed by atoms with van der Waals surface area (Å²) < 4.78 is 2.14. The molecule has 0 saturated carbocycles. The van der Waals surface area contributed by atoms with Crippen molar-refractivity contribution in [3.63, 3.8) is 0 Å². The lowest BCUT2D eigenvalue weighted by Gasteiger charge is -2.13. The third-order valence-corrected chi connectivity index (χ3v) is 3.20. The van der Waals surface area contributed by atoms with Gasteiger partial charge in [0.1, 0.15) is 0 Å². The summed E-state index contributed by atoms with van der Waals surface area (Å²) in [7, 11) is 0. The Morgan fingerprint density at radius 3 is 2.40 bits per heavy atom. The maximum absolute atomic E-state index is 4.59. The molecule has 1 N–H and O–H groups in total. The second kappa shape index (κ2) is 6.71. The Morgan fingerprint density at radius 1 is 1.10 bits per heavy atom. The van der Waals surface area contributed by atoms with Crippen LogP contribution in [0.25, 0.3) is 11.3 Å². The quantitative estimate of drug-likeness (QED) is 0.868. The number of aromatic nitrogens is 2. The Hall–Kier alpha value is -1.61. The van der Waals surface area contributed by atoms with E-state index in [1.165, 1.54) is 16.8 Å². The van der Waals surface area contributed by atoms with E-state index in [9.17, 15) is 0 Å². The summed E-state index contributed by atoms with van der Waals surface area (Å²) in [6, 6.07) is 11.0. The number of rotatable bonds is 6. The minimum absolute atomic E-state index is 0.479. The van der Waals surface area contributed by atoms with Crippen molar-refractivity contribution in [1.82, 2.24) is 15.1 Å². The fourth-order valence-electron chi connectivity index (χ4n) is 2.28. The van der Waals surface area contributed by atoms with Crippen LogP contribution in [0.4, 0.5) is 0 Å². The molecule has 20 heavy (non-hydrogen) atoms. The van der Waals surface area contributed by atoms with Crippen molar-refractivity contribution in [3.05, 3.63) is 42.1 Å². The molecule has 3 heteroatoms. The first-order valence-electron chi connectivity index (χ1n) is 7.41. The highest BCUT2D eigenvalue weighted by molar-refractivity contribution is 5.63. The topological polar surface area (TPSA) is 29.9 Å². The zero-order valence-corrected chi connectivity index (χ0v) is 12.9. The van der Waals surface area contributed by atoms with Crippen molar-refractivity contribution in [2.75, 3.05) is 0 Å². The van der Waals surface area contributed by atoms with Gasteiger partial charge in [-0.3, -0.25) is 4.68 Å². The third-order valence-electron chi connectivity index (χ3n) is 3.20. The van der Waals surface area contributed by atoms with Crippen molar-refractivity contribution in [2.24, 2.45) is 5.92 Å². The summed E-state index contributed by atoms with van der Waals surface area (Å²) >= 11 is 0. The molecule has 0 aliphatic heterocycles. The predicted molar refractivity (Wildman–Crippen MR) is 84.5 cm³/mol. The average molecular weight is 271 g/mol. The molecule has 1 aromatic heterocycles. The highest BCUT2D eigenvalue weighted by atomic mass is 15.3. The van der Waals surface area contributed by atoms with Gasteiger partial charge in [-0.1, -0.05) is 58.0 Å². The number of nitrogens with one attached hydrogen (secondary N) is 1. The second-order valence-corrected chi connectivity index (χ2v) is 6.00. The van der Waals surface area contributed by atoms with E-state index in [0.29, 0.717) is 12.0 Å². The van der Waals surface area contributed by atoms with Gasteiger partial charge in [0.05, 0.1) is 11.9 Å². The summed E-state index contributed by atoms with van der Waals surface area (Å²) in [5, 5.41) is 8.07. The average Bonchev–Trinajstić information content (AvgIpc) is 2.79. The summed E-state index contributed by atoms with van der Waals surface area (Å²) in [6.07, 6.45) is 2.00. The summed E-state index contributed by atoms with van der Waals surface area (Å²) in [5.74, 6) is 0.586. The van der Waals surface area contributed by atoms with Gasteiger partial charge in [-0.2, -0.15) is 5.10 Å². The molecular formula is C17H25N3. The SMILES string of the molecule is CC(C)Cn1ncc(CNC(C)C)c1-c1ccccc1. The number of benzene rings is 1. The predicted octanol–water partition coefficient (Wildman–Crippen LogP) is 3.70. The Morgan fingerprint density at radius 2 is 1.80 bits per heavy atom. The molecule has 1 aromatic carbocycles. The fourth-order valence-corrected chi connectivity index (χ4v) is 2.28. The van der Waals surface area contributed by atoms with Gasteiger partial charge in [-0.05, 0) is 5.92 Å². The first kappa shape index (κ1) is 14.8. The summed E-state index contributed by atoms with van der Waals surface area (Å²) in [4.78, 5) is 0. The molecule has 0 radical (unpaired) electrons. The maximum Gasteiger partial charge on any atom is 0.0727 e. The first-order valence-corrected chi connectivity index (χ1v) is 7.41. The number of nitrogens with zero attached hydrogens (tertiary/aromatic N) is 2. The molecule has 1 heterocycles. The van der Waals surface area contributed by atoms with Gasteiger partial charge in [0, 0.05) is 30.3 Å². The standard InChI is InChI=1S/C17H25N3/c1-13(2)12-20-17(15-8-6-5-7-9-15)16(11-19-20)10-18-14(3)4/h5-9,11,13-14,18H,10,12H2,1-4H3. The molecule has 108 valence electrons. The van der Waals surface area contributed by atoms with Crippen molar-refractivity contribution < 1.29 is 0 Å². The molecule has 0 atom stereocenters. The van der Waals surface area contributed by atoms with Gasteiger partial charge in [0.15, 0.2) is 0 Å². The van der Waals surface area contributed by atoms with E-state index in [1.807, 2.05) is 6.20 Å². The molecule has 0 spiro atoms. The largest absolute Gasteiger partial charge is 0.310 e. The van der Waals surface area contributed by atoms with Crippen molar-refractivity contribution >= 4 is 0 Å². The van der Waals surface area contributed by atoms with E-state index in [4.69, 9.17) is 0 Å². The van der Waals surface area contributed by atoms with Gasteiger partial charge in [0.25, 0.3) is 0 Å². The van der Waals surface area contributed by atoms with Gasteiger partial charge in [-0.15, -0.1) is 0 Å². The Kier molecular flexibility index (Phi) is 4.96. The van der Waals surface area contributed by atoms with Crippen molar-refractivity contribution in [2.45, 2.75) is 46.8 Å². The highest BCUT2D eigenvalue weighted by Crippen LogP contribution is 2.24. The van der Waals surface area contributed by atoms with Crippen LogP contribution in [0.15, 0.2) is 36.5 Å². The second-order valence-electron chi connectivity index (χ2n) is 6.00. The van der Waals surface area contributed by atoms with Crippen LogP contribution in [0.5, 0.6) is 0 Å². The van der Waals surface area contributed by atoms with Crippen LogP contribution in [0.2, 0.25) is 0 Å². The van der Waals surface area contributed by atoms with Crippen LogP contribution in [-0.4, -0.2) is 15.8 Å². The minimum Gasteiger partial charge on any atom is -0.310 e. The van der Waals surface area contributed by atoms with Crippen molar-refractivity contribution in [1.29, 1.82) is 0 Å². The number of hydrogen-bond acceptors (Lipinski definition) is 2. The van der Waals surface area contributed by atoms with E-state index in [-0.39, 0.29) is 0 Å². The van der Waals surface area contributed by atoms with Crippen LogP contribution in [-0.2, 0) is 13.1 Å². The lowest BCUT2D eigenvalue weighted by atomic mass is 10.1. The molecular weight excluding hydrogens is 246 g/mol. The van der Waals surface area contributed by atoms with Crippen LogP contribution in [0.1, 0.15) is 33.3 Å². The molecule has 2 aromatic rings. The van der Waals surface area contributed by atoms with Gasteiger partial charge in [0.2, 0.25) is 0 Å². The fraction of sp³-hybridized carbons (Fsp3) is 0.471. The van der Waals surface area contributed by atoms with Crippen LogP contribution < -0.4 is 5.32 Å². The van der Waals surface area contributed by atoms with E-state index >= 15 is 0 Å². The first-order chi connectivity index (χ1) is 9.58. The molecule has 0 aliphatic rings. The van der Waals surface area contributed by atoms with E-state index in [1.54, 1.807) is 0 Å². The zero-order valence-electron chi connectivity index (χ0n) is 12.9. The van der Waals surface area contributed by atoms with E-state index in [0.717, 1.165) is 13.1 Å². The van der Waals surface area contributed by atoms with E-state index in [2.05, 4.69) is 73.1 Å². The third kappa shape index (κ3) is 3.70. The van der Waals surface area contributed by atoms with Crippen molar-refractivity contribution in [3.8, 4) is 11.3 Å². The molecule has 0 bridgehead atoms. The molecule has 0 amide bonds. The molecule has 0 aliphatic carbocycles. The van der Waals surface area contributed by atoms with Gasteiger partial charge >= 0.3 is 0 Å². The smallest absolute Gasteiger partial charge is 0.0727 e. The zero-order chi connectivity index (χ0) is 14.5. The normalized spacial score (nSPS) is 11.5. The molecule has 0 saturated heterocycles.